The van der Waals surface area contributed by atoms with Gasteiger partial charge < -0.3 is 59.5 Å². The Morgan fingerprint density at radius 1 is 1.21 bits per heavy atom. The third kappa shape index (κ3) is 16.9. The molecule has 5 N–H and O–H groups in total. The molecule has 0 bridgehead atoms. The van der Waals surface area contributed by atoms with Crippen molar-refractivity contribution in [3.05, 3.63) is 43.1 Å². The van der Waals surface area contributed by atoms with Gasteiger partial charge in [0.05, 0.1) is 24.8 Å². The van der Waals surface area contributed by atoms with Crippen LogP contribution < -0.4 is 36.7 Å². The zero-order valence-corrected chi connectivity index (χ0v) is 29.7. The summed E-state index contributed by atoms with van der Waals surface area (Å²) < 4.78 is 62.0. The number of hydrogen-bond acceptors (Lipinski definition) is 20. The molecule has 0 spiro atoms. The van der Waals surface area contributed by atoms with Crippen LogP contribution in [0.5, 0.6) is 0 Å². The minimum absolute atomic E-state index is 0.0804. The van der Waals surface area contributed by atoms with Crippen LogP contribution >= 0.6 is 23.5 Å². The summed E-state index contributed by atoms with van der Waals surface area (Å²) in [6.07, 6.45) is -3.66. The van der Waals surface area contributed by atoms with E-state index < -0.39 is 85.6 Å². The van der Waals surface area contributed by atoms with E-state index in [0.717, 1.165) is 10.8 Å². The largest absolute Gasteiger partial charge is 0.756 e. The van der Waals surface area contributed by atoms with Crippen molar-refractivity contribution in [2.75, 3.05) is 38.8 Å². The van der Waals surface area contributed by atoms with Gasteiger partial charge in [-0.05, 0) is 24.4 Å². The highest BCUT2D eigenvalue weighted by molar-refractivity contribution is 7.65. The Kier molecular flexibility index (Phi) is 17.5. The molecule has 1 saturated heterocycles. The fourth-order valence-corrected chi connectivity index (χ4v) is 6.84. The van der Waals surface area contributed by atoms with Gasteiger partial charge in [0.1, 0.15) is 37.3 Å². The molecule has 1 aliphatic rings. The number of nitrogens with one attached hydrogen (secondary N) is 2. The summed E-state index contributed by atoms with van der Waals surface area (Å²) >= 11 is 0. The number of rotatable bonds is 20. The van der Waals surface area contributed by atoms with Gasteiger partial charge in [-0.2, -0.15) is 4.98 Å². The minimum Gasteiger partial charge on any atom is -0.756 e. The number of azide groups is 2. The van der Waals surface area contributed by atoms with Gasteiger partial charge >= 0.3 is 11.8 Å². The molecule has 2 heterocycles. The average Bonchev–Trinajstić information content (AvgIpc) is 3.44. The number of carbonyl (C=O) groups excluding carboxylic acids is 3. The van der Waals surface area contributed by atoms with Gasteiger partial charge in [0, 0.05) is 35.4 Å². The Morgan fingerprint density at radius 3 is 2.57 bits per heavy atom. The number of amides is 2. The quantitative estimate of drug-likeness (QED) is 0.0289. The molecule has 0 aromatic carbocycles. The summed E-state index contributed by atoms with van der Waals surface area (Å²) in [5.41, 5.74) is 22.0. The molecule has 1 aromatic heterocycles. The SMILES string of the molecule is CC(=O)CCCNC(=O)C(COC(=O)NCC#Cc1cn([C@H]2CC(OCN=[N+]=[N-])[C@@H](COP(=O)([O-])OP(=O)([O-])OP(=O)([O-])O)O2)c(=O)nc1N)N=[N+]=[N-]. The number of phosphoric ester groups is 1. The molecule has 0 radical (unpaired) electrons. The van der Waals surface area contributed by atoms with Gasteiger partial charge in [-0.15, -0.1) is 0 Å². The van der Waals surface area contributed by atoms with Crippen molar-refractivity contribution in [2.45, 2.75) is 50.7 Å². The first kappa shape index (κ1) is 44.8. The number of hydrogen-bond donors (Lipinski definition) is 4. The number of nitrogens with two attached hydrogens (primary N) is 1. The summed E-state index contributed by atoms with van der Waals surface area (Å²) in [4.78, 5) is 99.2. The number of carbonyl (C=O) groups is 3. The van der Waals surface area contributed by atoms with Crippen LogP contribution in [0.4, 0.5) is 10.6 Å². The molecular formula is C22H29N11O17P3-3. The van der Waals surface area contributed by atoms with Crippen molar-refractivity contribution in [1.82, 2.24) is 20.2 Å². The maximum Gasteiger partial charge on any atom is 0.407 e. The number of aromatic nitrogens is 2. The molecule has 1 aromatic rings. The molecular weight excluding hydrogens is 783 g/mol. The Labute approximate surface area is 297 Å². The van der Waals surface area contributed by atoms with E-state index in [9.17, 15) is 47.6 Å². The van der Waals surface area contributed by atoms with Gasteiger partial charge in [-0.25, -0.2) is 18.2 Å². The Balaban J connectivity index is 2.08. The second-order valence-electron chi connectivity index (χ2n) is 10.1. The number of ketones is 1. The molecule has 7 atom stereocenters. The molecule has 1 aliphatic heterocycles. The van der Waals surface area contributed by atoms with Gasteiger partial charge in [0.25, 0.3) is 23.5 Å². The van der Waals surface area contributed by atoms with Gasteiger partial charge in [0.15, 0.2) is 6.04 Å². The number of ether oxygens (including phenoxy) is 3. The van der Waals surface area contributed by atoms with E-state index in [0.29, 0.717) is 6.42 Å². The summed E-state index contributed by atoms with van der Waals surface area (Å²) in [5, 5.41) is 11.1. The van der Waals surface area contributed by atoms with Crippen LogP contribution in [0.2, 0.25) is 0 Å². The number of phosphoric acid groups is 3. The predicted octanol–water partition coefficient (Wildman–Crippen LogP) is -1.54. The third-order valence-corrected chi connectivity index (χ3v) is 9.79. The summed E-state index contributed by atoms with van der Waals surface area (Å²) in [5.74, 6) is 3.86. The van der Waals surface area contributed by atoms with Crippen molar-refractivity contribution in [3.63, 3.8) is 0 Å². The fraction of sp³-hybridized carbons (Fsp3) is 0.591. The molecule has 53 heavy (non-hydrogen) atoms. The Hall–Kier alpha value is -4.40. The zero-order valence-electron chi connectivity index (χ0n) is 27.0. The van der Waals surface area contributed by atoms with Gasteiger partial charge in [0.2, 0.25) is 5.91 Å². The zero-order chi connectivity index (χ0) is 39.8. The van der Waals surface area contributed by atoms with Gasteiger partial charge in [-0.1, -0.05) is 22.1 Å². The number of anilines is 1. The van der Waals surface area contributed by atoms with E-state index in [1.54, 1.807) is 0 Å². The molecule has 31 heteroatoms. The predicted molar refractivity (Wildman–Crippen MR) is 166 cm³/mol. The lowest BCUT2D eigenvalue weighted by Gasteiger charge is -2.33. The highest BCUT2D eigenvalue weighted by Crippen LogP contribution is 2.61. The van der Waals surface area contributed by atoms with E-state index >= 15 is 0 Å². The summed E-state index contributed by atoms with van der Waals surface area (Å²) in [6, 6.07) is -1.41. The monoisotopic (exact) mass is 812 g/mol. The van der Waals surface area contributed by atoms with E-state index in [-0.39, 0.29) is 43.1 Å². The first-order valence-electron chi connectivity index (χ1n) is 14.4. The van der Waals surface area contributed by atoms with Gasteiger partial charge in [-0.3, -0.25) is 23.1 Å². The molecule has 1 fully saturated rings. The van der Waals surface area contributed by atoms with E-state index in [1.165, 1.54) is 6.92 Å². The van der Waals surface area contributed by atoms with Crippen LogP contribution in [0, 0.1) is 11.8 Å². The van der Waals surface area contributed by atoms with Crippen LogP contribution in [-0.4, -0.2) is 83.5 Å². The standard InChI is InChI=1S/C22H32N11O17P3/c1-13(34)4-2-6-26-20(35)15(30-32-25)10-45-22(37)27-7-3-5-14-9-33(21(36)29-19(14)23)18-8-16(46-12-28-31-24)17(48-18)11-47-52(41,42)50-53(43,44)49-51(38,39)40/h9,15-18H,2,4,6-8,10-12H2,1H3,(H,26,35)(H,27,37)(H,41,42)(H,43,44)(H2,23,29,36)(H2,38,39,40)/p-3/t15?,16?,17-,18-/m1/s1. The highest BCUT2D eigenvalue weighted by Gasteiger charge is 2.39. The molecule has 28 nitrogen and oxygen atoms in total. The van der Waals surface area contributed by atoms with E-state index in [2.05, 4.69) is 60.7 Å². The Bertz CT molecular complexity index is 1870. The molecule has 292 valence electrons. The van der Waals surface area contributed by atoms with Crippen molar-refractivity contribution in [2.24, 2.45) is 10.2 Å². The molecule has 0 saturated carbocycles. The lowest BCUT2D eigenvalue weighted by Crippen LogP contribution is -2.38. The molecule has 5 unspecified atom stereocenters. The van der Waals surface area contributed by atoms with Crippen molar-refractivity contribution >= 4 is 47.1 Å². The second-order valence-corrected chi connectivity index (χ2v) is 14.3. The molecule has 0 aliphatic carbocycles. The average molecular weight is 812 g/mol. The van der Waals surface area contributed by atoms with E-state index in [4.69, 9.17) is 35.9 Å². The van der Waals surface area contributed by atoms with Crippen LogP contribution in [0.25, 0.3) is 20.9 Å². The first-order valence-corrected chi connectivity index (χ1v) is 18.8. The summed E-state index contributed by atoms with van der Waals surface area (Å²) in [6.45, 7) is -1.21. The fourth-order valence-electron chi connectivity index (χ4n) is 3.94. The lowest BCUT2D eigenvalue weighted by atomic mass is 10.2. The second kappa shape index (κ2) is 20.7. The topological polar surface area (TPSA) is 430 Å². The summed E-state index contributed by atoms with van der Waals surface area (Å²) in [7, 11) is -18.1. The van der Waals surface area contributed by atoms with Crippen LogP contribution in [-0.2, 0) is 50.6 Å². The van der Waals surface area contributed by atoms with Crippen LogP contribution in [0.1, 0.15) is 38.0 Å². The lowest BCUT2D eigenvalue weighted by molar-refractivity contribution is -0.250. The number of Topliss-reactive ketones (excluding diaryl/α,β-unsaturated/α-hetero) is 1. The number of nitrogen functional groups attached to an aromatic ring is 1. The van der Waals surface area contributed by atoms with Crippen LogP contribution in [0.3, 0.4) is 0 Å². The maximum absolute atomic E-state index is 12.7. The third-order valence-electron chi connectivity index (χ3n) is 6.10. The van der Waals surface area contributed by atoms with Crippen LogP contribution in [0.15, 0.2) is 21.2 Å². The van der Waals surface area contributed by atoms with Crippen molar-refractivity contribution in [1.29, 1.82) is 0 Å². The first-order chi connectivity index (χ1) is 24.8. The number of alkyl carbamates (subject to hydrolysis) is 1. The normalized spacial score (nSPS) is 20.4. The maximum atomic E-state index is 12.7. The Morgan fingerprint density at radius 2 is 1.92 bits per heavy atom. The highest BCUT2D eigenvalue weighted by atomic mass is 31.3. The smallest absolute Gasteiger partial charge is 0.407 e. The number of nitrogens with zero attached hydrogens (tertiary/aromatic N) is 8. The van der Waals surface area contributed by atoms with Crippen molar-refractivity contribution in [3.8, 4) is 11.8 Å². The van der Waals surface area contributed by atoms with E-state index in [1.807, 2.05) is 0 Å². The molecule has 2 rings (SSSR count). The minimum atomic E-state index is -6.20. The van der Waals surface area contributed by atoms with Crippen molar-refractivity contribution < 1.29 is 75.0 Å². The molecule has 2 amide bonds.